The van der Waals surface area contributed by atoms with Gasteiger partial charge in [-0.1, -0.05) is 243 Å². The van der Waals surface area contributed by atoms with Gasteiger partial charge in [0.25, 0.3) is 0 Å². The van der Waals surface area contributed by atoms with Crippen molar-refractivity contribution < 1.29 is 39.8 Å². The maximum absolute atomic E-state index is 13.0. The predicted octanol–water partition coefficient (Wildman–Crippen LogP) is 13.6. The zero-order valence-corrected chi connectivity index (χ0v) is 43.0. The quantitative estimate of drug-likeness (QED) is 0.0261. The lowest BCUT2D eigenvalue weighted by Crippen LogP contribution is -2.60. The Kier molecular flexibility index (Phi) is 44.6. The molecule has 9 nitrogen and oxygen atoms in total. The fourth-order valence-electron chi connectivity index (χ4n) is 8.99. The maximum atomic E-state index is 13.0. The van der Waals surface area contributed by atoms with Crippen molar-refractivity contribution in [2.24, 2.45) is 0 Å². The Morgan fingerprint density at radius 2 is 0.894 bits per heavy atom. The second-order valence-corrected chi connectivity index (χ2v) is 19.7. The molecule has 0 aromatic heterocycles. The van der Waals surface area contributed by atoms with Crippen LogP contribution in [0.5, 0.6) is 0 Å². The van der Waals surface area contributed by atoms with Gasteiger partial charge in [0.05, 0.1) is 25.4 Å². The minimum Gasteiger partial charge on any atom is -0.394 e. The summed E-state index contributed by atoms with van der Waals surface area (Å²) in [5.74, 6) is -0.143. The van der Waals surface area contributed by atoms with Crippen LogP contribution in [0.2, 0.25) is 0 Å². The lowest BCUT2D eigenvalue weighted by atomic mass is 9.99. The van der Waals surface area contributed by atoms with Gasteiger partial charge in [0.15, 0.2) is 6.29 Å². The number of amides is 1. The topological polar surface area (TPSA) is 149 Å². The summed E-state index contributed by atoms with van der Waals surface area (Å²) >= 11 is 0. The summed E-state index contributed by atoms with van der Waals surface area (Å²) in [6, 6.07) is -0.716. The van der Waals surface area contributed by atoms with Crippen LogP contribution in [0.4, 0.5) is 0 Å². The Labute approximate surface area is 406 Å². The van der Waals surface area contributed by atoms with E-state index in [0.717, 1.165) is 51.4 Å². The zero-order valence-electron chi connectivity index (χ0n) is 43.0. The second kappa shape index (κ2) is 47.1. The lowest BCUT2D eigenvalue weighted by molar-refractivity contribution is -0.302. The van der Waals surface area contributed by atoms with Crippen LogP contribution in [-0.2, 0) is 14.3 Å². The van der Waals surface area contributed by atoms with Gasteiger partial charge in [-0.2, -0.15) is 0 Å². The summed E-state index contributed by atoms with van der Waals surface area (Å²) < 4.78 is 11.3. The number of ether oxygens (including phenoxy) is 2. The van der Waals surface area contributed by atoms with Crippen molar-refractivity contribution in [1.82, 2.24) is 5.32 Å². The molecular weight excluding hydrogens is 827 g/mol. The minimum atomic E-state index is -1.55. The van der Waals surface area contributed by atoms with Crippen LogP contribution in [0.15, 0.2) is 36.5 Å². The smallest absolute Gasteiger partial charge is 0.220 e. The molecule has 9 heteroatoms. The summed E-state index contributed by atoms with van der Waals surface area (Å²) in [4.78, 5) is 13.0. The number of hydrogen-bond donors (Lipinski definition) is 6. The van der Waals surface area contributed by atoms with E-state index in [9.17, 15) is 30.3 Å². The highest BCUT2D eigenvalue weighted by Gasteiger charge is 2.44. The number of hydrogen-bond acceptors (Lipinski definition) is 8. The Morgan fingerprint density at radius 1 is 0.515 bits per heavy atom. The van der Waals surface area contributed by atoms with E-state index in [4.69, 9.17) is 9.47 Å². The van der Waals surface area contributed by atoms with Gasteiger partial charge in [-0.3, -0.25) is 4.79 Å². The van der Waals surface area contributed by atoms with Crippen LogP contribution >= 0.6 is 0 Å². The molecule has 1 aliphatic heterocycles. The Balaban J connectivity index is 2.07. The monoisotopic (exact) mass is 934 g/mol. The van der Waals surface area contributed by atoms with Crippen molar-refractivity contribution in [3.05, 3.63) is 36.5 Å². The molecule has 0 aromatic rings. The molecule has 1 heterocycles. The normalized spacial score (nSPS) is 20.0. The van der Waals surface area contributed by atoms with Crippen molar-refractivity contribution in [3.63, 3.8) is 0 Å². The summed E-state index contributed by atoms with van der Waals surface area (Å²) in [6.45, 7) is 3.82. The van der Waals surface area contributed by atoms with E-state index in [1.807, 2.05) is 0 Å². The number of carbonyl (C=O) groups is 1. The van der Waals surface area contributed by atoms with E-state index in [2.05, 4.69) is 55.6 Å². The molecule has 1 fully saturated rings. The number of unbranched alkanes of at least 4 members (excludes halogenated alkanes) is 32. The van der Waals surface area contributed by atoms with Crippen LogP contribution in [-0.4, -0.2) is 87.5 Å². The second-order valence-electron chi connectivity index (χ2n) is 19.7. The lowest BCUT2D eigenvalue weighted by Gasteiger charge is -2.40. The van der Waals surface area contributed by atoms with Gasteiger partial charge in [-0.15, -0.1) is 0 Å². The van der Waals surface area contributed by atoms with E-state index in [1.165, 1.54) is 186 Å². The molecule has 1 amide bonds. The number of allylic oxidation sites excluding steroid dienone is 6. The third kappa shape index (κ3) is 36.4. The Hall–Kier alpha value is -1.59. The highest BCUT2D eigenvalue weighted by Crippen LogP contribution is 2.23. The molecule has 7 atom stereocenters. The van der Waals surface area contributed by atoms with Crippen LogP contribution < -0.4 is 5.32 Å². The van der Waals surface area contributed by atoms with Crippen molar-refractivity contribution in [3.8, 4) is 0 Å². The number of rotatable bonds is 48. The highest BCUT2D eigenvalue weighted by molar-refractivity contribution is 5.76. The molecule has 1 aliphatic rings. The minimum absolute atomic E-state index is 0.136. The molecule has 7 unspecified atom stereocenters. The van der Waals surface area contributed by atoms with Crippen molar-refractivity contribution in [2.75, 3.05) is 13.2 Å². The average Bonchev–Trinajstić information content (AvgIpc) is 3.32. The van der Waals surface area contributed by atoms with Crippen LogP contribution in [0.1, 0.15) is 264 Å². The zero-order chi connectivity index (χ0) is 48.0. The number of nitrogens with one attached hydrogen (secondary N) is 1. The summed E-state index contributed by atoms with van der Waals surface area (Å²) in [7, 11) is 0. The summed E-state index contributed by atoms with van der Waals surface area (Å²) in [5.41, 5.74) is 0. The molecule has 0 aliphatic carbocycles. The first-order valence-corrected chi connectivity index (χ1v) is 28.2. The molecule has 1 rings (SSSR count). The van der Waals surface area contributed by atoms with E-state index in [0.29, 0.717) is 12.8 Å². The van der Waals surface area contributed by atoms with Crippen LogP contribution in [0, 0.1) is 0 Å². The number of aliphatic hydroxyl groups excluding tert-OH is 5. The molecule has 388 valence electrons. The van der Waals surface area contributed by atoms with Crippen LogP contribution in [0.3, 0.4) is 0 Å². The molecule has 0 bridgehead atoms. The molecule has 66 heavy (non-hydrogen) atoms. The highest BCUT2D eigenvalue weighted by atomic mass is 16.7. The molecular formula is C57H107NO8. The first kappa shape index (κ1) is 62.4. The molecule has 1 saturated heterocycles. The van der Waals surface area contributed by atoms with Crippen molar-refractivity contribution >= 4 is 5.91 Å². The third-order valence-corrected chi connectivity index (χ3v) is 13.5. The Morgan fingerprint density at radius 3 is 1.32 bits per heavy atom. The average molecular weight is 934 g/mol. The van der Waals surface area contributed by atoms with Gasteiger partial charge in [0, 0.05) is 6.42 Å². The summed E-state index contributed by atoms with van der Waals surface area (Å²) in [6.07, 6.45) is 53.4. The van der Waals surface area contributed by atoms with Gasteiger partial charge in [-0.05, 0) is 51.4 Å². The van der Waals surface area contributed by atoms with E-state index >= 15 is 0 Å². The van der Waals surface area contributed by atoms with Gasteiger partial charge in [0.1, 0.15) is 24.4 Å². The standard InChI is InChI=1S/C57H107NO8/c1-3-5-7-9-11-13-15-16-17-18-19-20-21-22-23-24-25-26-27-28-29-30-31-32-33-34-35-36-37-39-41-43-45-47-53(61)58-50(49-65-57-56(64)55(63)54(62)52(48-59)66-57)51(60)46-44-42-40-38-14-12-10-8-6-4-2/h15-16,18-19,21-22,50-52,54-57,59-60,62-64H,3-14,17,20,23-49H2,1-2H3,(H,58,61)/b16-15-,19-18-,22-21-. The summed E-state index contributed by atoms with van der Waals surface area (Å²) in [5, 5.41) is 54.4. The van der Waals surface area contributed by atoms with Gasteiger partial charge >= 0.3 is 0 Å². The number of carbonyl (C=O) groups excluding carboxylic acids is 1. The maximum Gasteiger partial charge on any atom is 0.220 e. The first-order chi connectivity index (χ1) is 32.3. The van der Waals surface area contributed by atoms with E-state index < -0.39 is 49.5 Å². The largest absolute Gasteiger partial charge is 0.394 e. The number of aliphatic hydroxyl groups is 5. The molecule has 6 N–H and O–H groups in total. The van der Waals surface area contributed by atoms with Crippen LogP contribution in [0.25, 0.3) is 0 Å². The SMILES string of the molecule is CCCCCCC/C=C\C/C=C\C/C=C\CCCCCCCCCCCCCCCCCCCCC(=O)NC(COC1OC(CO)C(O)C(O)C1O)C(O)CCCCCCCCCCCC. The van der Waals surface area contributed by atoms with Crippen molar-refractivity contribution in [1.29, 1.82) is 0 Å². The van der Waals surface area contributed by atoms with Gasteiger partial charge in [-0.25, -0.2) is 0 Å². The molecule has 0 spiro atoms. The fraction of sp³-hybridized carbons (Fsp3) is 0.877. The third-order valence-electron chi connectivity index (χ3n) is 13.5. The van der Waals surface area contributed by atoms with Crippen molar-refractivity contribution in [2.45, 2.75) is 307 Å². The molecule has 0 saturated carbocycles. The van der Waals surface area contributed by atoms with E-state index in [-0.39, 0.29) is 12.5 Å². The predicted molar refractivity (Wildman–Crippen MR) is 276 cm³/mol. The van der Waals surface area contributed by atoms with E-state index in [1.54, 1.807) is 0 Å². The fourth-order valence-corrected chi connectivity index (χ4v) is 8.99. The Bertz CT molecular complexity index is 1130. The first-order valence-electron chi connectivity index (χ1n) is 28.2. The van der Waals surface area contributed by atoms with Gasteiger partial charge in [0.2, 0.25) is 5.91 Å². The molecule has 0 radical (unpaired) electrons. The molecule has 0 aromatic carbocycles. The van der Waals surface area contributed by atoms with Gasteiger partial charge < -0.3 is 40.3 Å².